The normalized spacial score (nSPS) is 10.8. The van der Waals surface area contributed by atoms with Gasteiger partial charge in [0.05, 0.1) is 17.4 Å². The van der Waals surface area contributed by atoms with Crippen LogP contribution < -0.4 is 4.72 Å². The van der Waals surface area contributed by atoms with Crippen molar-refractivity contribution in [3.8, 4) is 6.07 Å². The number of hydrogen-bond acceptors (Lipinski definition) is 3. The lowest BCUT2D eigenvalue weighted by Crippen LogP contribution is -2.15. The molecule has 0 atom stereocenters. The molecule has 0 aliphatic carbocycles. The Hall–Kier alpha value is -2.32. The minimum atomic E-state index is -3.46. The van der Waals surface area contributed by atoms with E-state index in [9.17, 15) is 8.42 Å². The molecule has 0 heterocycles. The molecule has 0 bridgehead atoms. The number of anilines is 1. The van der Waals surface area contributed by atoms with Gasteiger partial charge in [0.2, 0.25) is 10.0 Å². The summed E-state index contributed by atoms with van der Waals surface area (Å²) in [6.07, 6.45) is 0. The predicted molar refractivity (Wildman–Crippen MR) is 78.6 cm³/mol. The van der Waals surface area contributed by atoms with Crippen molar-refractivity contribution in [2.45, 2.75) is 12.7 Å². The SMILES string of the molecule is Cc1cccc(NS(=O)(=O)Cc2ccc(C#N)cc2)c1. The van der Waals surface area contributed by atoms with E-state index in [2.05, 4.69) is 4.72 Å². The van der Waals surface area contributed by atoms with E-state index in [1.165, 1.54) is 0 Å². The molecule has 0 unspecified atom stereocenters. The van der Waals surface area contributed by atoms with Gasteiger partial charge in [0.25, 0.3) is 0 Å². The van der Waals surface area contributed by atoms with Crippen LogP contribution in [0.5, 0.6) is 0 Å². The number of nitrogens with zero attached hydrogens (tertiary/aromatic N) is 1. The molecule has 0 saturated carbocycles. The zero-order valence-corrected chi connectivity index (χ0v) is 11.8. The highest BCUT2D eigenvalue weighted by atomic mass is 32.2. The number of nitrogens with one attached hydrogen (secondary N) is 1. The van der Waals surface area contributed by atoms with Gasteiger partial charge in [0, 0.05) is 5.69 Å². The lowest BCUT2D eigenvalue weighted by Gasteiger charge is -2.08. The molecule has 2 rings (SSSR count). The quantitative estimate of drug-likeness (QED) is 0.939. The summed E-state index contributed by atoms with van der Waals surface area (Å²) >= 11 is 0. The summed E-state index contributed by atoms with van der Waals surface area (Å²) in [7, 11) is -3.46. The van der Waals surface area contributed by atoms with E-state index in [0.717, 1.165) is 5.56 Å². The molecule has 0 spiro atoms. The zero-order valence-electron chi connectivity index (χ0n) is 11.0. The van der Waals surface area contributed by atoms with Crippen molar-refractivity contribution in [1.29, 1.82) is 5.26 Å². The van der Waals surface area contributed by atoms with Crippen LogP contribution in [0.15, 0.2) is 48.5 Å². The average molecular weight is 286 g/mol. The van der Waals surface area contributed by atoms with Gasteiger partial charge in [-0.05, 0) is 42.3 Å². The van der Waals surface area contributed by atoms with E-state index in [4.69, 9.17) is 5.26 Å². The highest BCUT2D eigenvalue weighted by molar-refractivity contribution is 7.91. The Kier molecular flexibility index (Phi) is 4.06. The van der Waals surface area contributed by atoms with Gasteiger partial charge in [-0.3, -0.25) is 4.72 Å². The lowest BCUT2D eigenvalue weighted by molar-refractivity contribution is 0.600. The molecule has 0 radical (unpaired) electrons. The Morgan fingerprint density at radius 3 is 2.45 bits per heavy atom. The van der Waals surface area contributed by atoms with E-state index in [1.807, 2.05) is 19.1 Å². The van der Waals surface area contributed by atoms with Crippen LogP contribution in [-0.4, -0.2) is 8.42 Å². The summed E-state index contributed by atoms with van der Waals surface area (Å²) in [4.78, 5) is 0. The van der Waals surface area contributed by atoms with Crippen molar-refractivity contribution < 1.29 is 8.42 Å². The van der Waals surface area contributed by atoms with Gasteiger partial charge in [-0.2, -0.15) is 5.26 Å². The van der Waals surface area contributed by atoms with Crippen LogP contribution in [0.2, 0.25) is 0 Å². The maximum absolute atomic E-state index is 12.1. The highest BCUT2D eigenvalue weighted by Crippen LogP contribution is 2.14. The van der Waals surface area contributed by atoms with E-state index >= 15 is 0 Å². The van der Waals surface area contributed by atoms with Crippen LogP contribution >= 0.6 is 0 Å². The Balaban J connectivity index is 2.13. The largest absolute Gasteiger partial charge is 0.283 e. The molecule has 102 valence electrons. The zero-order chi connectivity index (χ0) is 14.6. The summed E-state index contributed by atoms with van der Waals surface area (Å²) in [6, 6.07) is 15.7. The fourth-order valence-corrected chi connectivity index (χ4v) is 3.01. The maximum atomic E-state index is 12.1. The Bertz CT molecular complexity index is 744. The first-order valence-electron chi connectivity index (χ1n) is 6.05. The molecule has 0 fully saturated rings. The van der Waals surface area contributed by atoms with Gasteiger partial charge in [-0.1, -0.05) is 24.3 Å². The van der Waals surface area contributed by atoms with Crippen LogP contribution in [-0.2, 0) is 15.8 Å². The molecule has 0 saturated heterocycles. The topological polar surface area (TPSA) is 70.0 Å². The molecular weight excluding hydrogens is 272 g/mol. The third-order valence-corrected chi connectivity index (χ3v) is 3.99. The highest BCUT2D eigenvalue weighted by Gasteiger charge is 2.11. The number of hydrogen-bond donors (Lipinski definition) is 1. The number of benzene rings is 2. The van der Waals surface area contributed by atoms with Crippen molar-refractivity contribution in [3.63, 3.8) is 0 Å². The monoisotopic (exact) mass is 286 g/mol. The molecule has 5 heteroatoms. The third kappa shape index (κ3) is 3.84. The summed E-state index contributed by atoms with van der Waals surface area (Å²) in [5.41, 5.74) is 2.70. The smallest absolute Gasteiger partial charge is 0.236 e. The second-order valence-electron chi connectivity index (χ2n) is 4.54. The second kappa shape index (κ2) is 5.76. The first kappa shape index (κ1) is 14.1. The molecule has 1 N–H and O–H groups in total. The first-order valence-corrected chi connectivity index (χ1v) is 7.70. The average Bonchev–Trinajstić information content (AvgIpc) is 2.38. The predicted octanol–water partition coefficient (Wildman–Crippen LogP) is 2.81. The van der Waals surface area contributed by atoms with Crippen LogP contribution in [0.4, 0.5) is 5.69 Å². The summed E-state index contributed by atoms with van der Waals surface area (Å²) < 4.78 is 26.7. The molecule has 20 heavy (non-hydrogen) atoms. The summed E-state index contributed by atoms with van der Waals surface area (Å²) in [5.74, 6) is -0.118. The van der Waals surface area contributed by atoms with Gasteiger partial charge in [0.1, 0.15) is 0 Å². The number of nitriles is 1. The van der Waals surface area contributed by atoms with Crippen molar-refractivity contribution in [1.82, 2.24) is 0 Å². The van der Waals surface area contributed by atoms with Crippen molar-refractivity contribution in [2.24, 2.45) is 0 Å². The van der Waals surface area contributed by atoms with Crippen LogP contribution in [0.25, 0.3) is 0 Å². The number of aryl methyl sites for hydroxylation is 1. The summed E-state index contributed by atoms with van der Waals surface area (Å²) in [5, 5.41) is 8.70. The molecule has 0 aliphatic rings. The molecule has 0 aromatic heterocycles. The van der Waals surface area contributed by atoms with Crippen LogP contribution in [0.1, 0.15) is 16.7 Å². The maximum Gasteiger partial charge on any atom is 0.236 e. The number of sulfonamides is 1. The van der Waals surface area contributed by atoms with Gasteiger partial charge < -0.3 is 0 Å². The molecule has 2 aromatic carbocycles. The molecule has 0 amide bonds. The van der Waals surface area contributed by atoms with E-state index in [-0.39, 0.29) is 5.75 Å². The van der Waals surface area contributed by atoms with E-state index in [0.29, 0.717) is 16.8 Å². The Labute approximate surface area is 118 Å². The van der Waals surface area contributed by atoms with E-state index < -0.39 is 10.0 Å². The molecule has 4 nitrogen and oxygen atoms in total. The Morgan fingerprint density at radius 2 is 1.85 bits per heavy atom. The second-order valence-corrected chi connectivity index (χ2v) is 6.26. The van der Waals surface area contributed by atoms with E-state index in [1.54, 1.807) is 42.5 Å². The van der Waals surface area contributed by atoms with Crippen molar-refractivity contribution >= 4 is 15.7 Å². The van der Waals surface area contributed by atoms with Crippen molar-refractivity contribution in [2.75, 3.05) is 4.72 Å². The molecule has 2 aromatic rings. The molecular formula is C15H14N2O2S. The van der Waals surface area contributed by atoms with Crippen LogP contribution in [0, 0.1) is 18.3 Å². The summed E-state index contributed by atoms with van der Waals surface area (Å²) in [6.45, 7) is 1.90. The third-order valence-electron chi connectivity index (χ3n) is 2.73. The fraction of sp³-hybridized carbons (Fsp3) is 0.133. The molecule has 0 aliphatic heterocycles. The fourth-order valence-electron chi connectivity index (χ4n) is 1.82. The first-order chi connectivity index (χ1) is 9.48. The van der Waals surface area contributed by atoms with Gasteiger partial charge >= 0.3 is 0 Å². The minimum absolute atomic E-state index is 0.118. The Morgan fingerprint density at radius 1 is 1.15 bits per heavy atom. The minimum Gasteiger partial charge on any atom is -0.283 e. The number of rotatable bonds is 4. The van der Waals surface area contributed by atoms with Gasteiger partial charge in [-0.25, -0.2) is 8.42 Å². The van der Waals surface area contributed by atoms with Gasteiger partial charge in [-0.15, -0.1) is 0 Å². The standard InChI is InChI=1S/C15H14N2O2S/c1-12-3-2-4-15(9-12)17-20(18,19)11-14-7-5-13(10-16)6-8-14/h2-9,17H,11H2,1H3. The van der Waals surface area contributed by atoms with Crippen molar-refractivity contribution in [3.05, 3.63) is 65.2 Å². The lowest BCUT2D eigenvalue weighted by atomic mass is 10.2. The van der Waals surface area contributed by atoms with Crippen LogP contribution in [0.3, 0.4) is 0 Å². The van der Waals surface area contributed by atoms with Gasteiger partial charge in [0.15, 0.2) is 0 Å².